The molecule has 10 heteroatoms. The van der Waals surface area contributed by atoms with Gasteiger partial charge < -0.3 is 23.7 Å². The van der Waals surface area contributed by atoms with Crippen LogP contribution < -0.4 is 19.0 Å². The van der Waals surface area contributed by atoms with E-state index < -0.39 is 28.6 Å². The number of hydrogen-bond donors (Lipinski definition) is 1. The lowest BCUT2D eigenvalue weighted by Gasteiger charge is -2.15. The lowest BCUT2D eigenvalue weighted by Crippen LogP contribution is -2.18. The van der Waals surface area contributed by atoms with Gasteiger partial charge in [0.1, 0.15) is 10.6 Å². The van der Waals surface area contributed by atoms with Gasteiger partial charge in [-0.1, -0.05) is 54.6 Å². The molecular weight excluding hydrogens is 570 g/mol. The summed E-state index contributed by atoms with van der Waals surface area (Å²) in [6.07, 6.45) is 2.89. The van der Waals surface area contributed by atoms with Crippen LogP contribution in [0.15, 0.2) is 108 Å². The Hall–Kier alpha value is -4.83. The molecule has 9 nitrogen and oxygen atoms in total. The molecule has 0 aliphatic rings. The van der Waals surface area contributed by atoms with Crippen molar-refractivity contribution in [3.63, 3.8) is 0 Å². The molecule has 4 rings (SSSR count). The minimum atomic E-state index is -4.41. The Morgan fingerprint density at radius 2 is 1.42 bits per heavy atom. The van der Waals surface area contributed by atoms with Gasteiger partial charge in [0.05, 0.1) is 18.9 Å². The normalized spacial score (nSPS) is 10.9. The van der Waals surface area contributed by atoms with Crippen molar-refractivity contribution in [3.05, 3.63) is 114 Å². The summed E-state index contributed by atoms with van der Waals surface area (Å²) >= 11 is 0. The number of esters is 1. The van der Waals surface area contributed by atoms with Gasteiger partial charge in [-0.3, -0.25) is 4.79 Å². The Kier molecular flexibility index (Phi) is 11.2. The van der Waals surface area contributed by atoms with Gasteiger partial charge >= 0.3 is 16.1 Å². The van der Waals surface area contributed by atoms with E-state index in [2.05, 4.69) is 17.4 Å². The molecule has 4 aromatic carbocycles. The lowest BCUT2D eigenvalue weighted by molar-refractivity contribution is -0.145. The predicted molar refractivity (Wildman–Crippen MR) is 162 cm³/mol. The molecule has 0 aliphatic carbocycles. The molecular formula is C33H33NO8S. The summed E-state index contributed by atoms with van der Waals surface area (Å²) in [4.78, 5) is 24.4. The Bertz CT molecular complexity index is 1610. The van der Waals surface area contributed by atoms with Gasteiger partial charge in [-0.25, -0.2) is 4.79 Å². The number of rotatable bonds is 15. The minimum absolute atomic E-state index is 0.0381. The van der Waals surface area contributed by atoms with Crippen molar-refractivity contribution in [2.75, 3.05) is 25.1 Å². The topological polar surface area (TPSA) is 117 Å². The van der Waals surface area contributed by atoms with E-state index in [9.17, 15) is 18.0 Å². The number of carbonyl (C=O) groups excluding carboxylic acids is 2. The van der Waals surface area contributed by atoms with Crippen LogP contribution in [0.25, 0.3) is 0 Å². The number of hydrogen-bond acceptors (Lipinski definition) is 8. The number of nitrogens with one attached hydrogen (secondary N) is 1. The minimum Gasteiger partial charge on any atom is -0.494 e. The molecule has 0 fully saturated rings. The van der Waals surface area contributed by atoms with Crippen molar-refractivity contribution >= 4 is 27.7 Å². The molecule has 0 aromatic heterocycles. The van der Waals surface area contributed by atoms with Gasteiger partial charge in [0, 0.05) is 5.56 Å². The van der Waals surface area contributed by atoms with Crippen molar-refractivity contribution in [1.82, 2.24) is 0 Å². The molecule has 0 atom stereocenters. The van der Waals surface area contributed by atoms with Crippen LogP contribution >= 0.6 is 0 Å². The maximum absolute atomic E-state index is 13.3. The molecule has 224 valence electrons. The maximum atomic E-state index is 13.3. The van der Waals surface area contributed by atoms with Crippen LogP contribution in [0.5, 0.6) is 17.2 Å². The van der Waals surface area contributed by atoms with Crippen LogP contribution in [0.3, 0.4) is 0 Å². The van der Waals surface area contributed by atoms with E-state index in [1.165, 1.54) is 35.9 Å². The average Bonchev–Trinajstić information content (AvgIpc) is 3.01. The van der Waals surface area contributed by atoms with Gasteiger partial charge in [0.15, 0.2) is 18.1 Å². The number of carbonyl (C=O) groups is 2. The summed E-state index contributed by atoms with van der Waals surface area (Å²) in [5.74, 6) is -0.555. The molecule has 43 heavy (non-hydrogen) atoms. The number of amides is 1. The third kappa shape index (κ3) is 9.34. The van der Waals surface area contributed by atoms with E-state index >= 15 is 0 Å². The number of aryl methyl sites for hydroxylation is 1. The molecule has 4 aromatic rings. The van der Waals surface area contributed by atoms with Crippen LogP contribution in [-0.2, 0) is 26.1 Å². The van der Waals surface area contributed by atoms with E-state index in [1.54, 1.807) is 49.4 Å². The van der Waals surface area contributed by atoms with E-state index in [4.69, 9.17) is 18.4 Å². The quantitative estimate of drug-likeness (QED) is 0.0992. The van der Waals surface area contributed by atoms with Crippen molar-refractivity contribution in [2.45, 2.75) is 31.1 Å². The van der Waals surface area contributed by atoms with E-state index in [0.717, 1.165) is 19.3 Å². The maximum Gasteiger partial charge on any atom is 0.344 e. The van der Waals surface area contributed by atoms with Crippen molar-refractivity contribution < 1.29 is 36.4 Å². The highest BCUT2D eigenvalue weighted by Crippen LogP contribution is 2.32. The SMILES string of the molecule is CCOC(=O)COc1ccccc1OS(=O)(=O)c1ccccc1NC(=O)c1ccc(OCCCCc2ccccc2)cc1. The molecule has 1 N–H and O–H groups in total. The summed E-state index contributed by atoms with van der Waals surface area (Å²) in [5, 5.41) is 2.65. The number of ether oxygens (including phenoxy) is 3. The van der Waals surface area contributed by atoms with E-state index in [1.807, 2.05) is 18.2 Å². The number of unbranched alkanes of at least 4 members (excludes halogenated alkanes) is 1. The third-order valence-corrected chi connectivity index (χ3v) is 7.49. The molecule has 0 saturated heterocycles. The second-order valence-corrected chi connectivity index (χ2v) is 10.9. The lowest BCUT2D eigenvalue weighted by atomic mass is 10.1. The molecule has 0 heterocycles. The average molecular weight is 604 g/mol. The first-order valence-electron chi connectivity index (χ1n) is 13.8. The van der Waals surface area contributed by atoms with Gasteiger partial charge in [0.2, 0.25) is 0 Å². The first-order valence-corrected chi connectivity index (χ1v) is 15.3. The predicted octanol–water partition coefficient (Wildman–Crippen LogP) is 6.05. The van der Waals surface area contributed by atoms with E-state index in [0.29, 0.717) is 17.9 Å². The highest BCUT2D eigenvalue weighted by Gasteiger charge is 2.24. The van der Waals surface area contributed by atoms with Gasteiger partial charge in [-0.2, -0.15) is 8.42 Å². The highest BCUT2D eigenvalue weighted by atomic mass is 32.2. The van der Waals surface area contributed by atoms with Gasteiger partial charge in [-0.15, -0.1) is 0 Å². The zero-order chi connectivity index (χ0) is 30.5. The first kappa shape index (κ1) is 31.1. The first-order chi connectivity index (χ1) is 20.9. The van der Waals surface area contributed by atoms with Crippen LogP contribution in [0.1, 0.15) is 35.7 Å². The van der Waals surface area contributed by atoms with Gasteiger partial charge in [-0.05, 0) is 80.3 Å². The highest BCUT2D eigenvalue weighted by molar-refractivity contribution is 7.87. The fourth-order valence-electron chi connectivity index (χ4n) is 4.09. The summed E-state index contributed by atoms with van der Waals surface area (Å²) < 4.78 is 48.0. The Morgan fingerprint density at radius 1 is 0.744 bits per heavy atom. The standard InChI is InChI=1S/C33H33NO8S/c1-2-39-32(35)24-41-29-16-7-8-17-30(29)42-43(37,38)31-18-9-6-15-28(31)34-33(36)26-19-21-27(22-20-26)40-23-11-10-14-25-12-4-3-5-13-25/h3-9,12-13,15-22H,2,10-11,14,23-24H2,1H3,(H,34,36). The molecule has 0 radical (unpaired) electrons. The Morgan fingerprint density at radius 3 is 2.16 bits per heavy atom. The van der Waals surface area contributed by atoms with Crippen LogP contribution in [0, 0.1) is 0 Å². The second kappa shape index (κ2) is 15.4. The van der Waals surface area contributed by atoms with Gasteiger partial charge in [0.25, 0.3) is 5.91 Å². The van der Waals surface area contributed by atoms with Crippen LogP contribution in [-0.4, -0.2) is 40.1 Å². The molecule has 0 unspecified atom stereocenters. The van der Waals surface area contributed by atoms with Crippen molar-refractivity contribution in [3.8, 4) is 17.2 Å². The monoisotopic (exact) mass is 603 g/mol. The van der Waals surface area contributed by atoms with Crippen molar-refractivity contribution in [1.29, 1.82) is 0 Å². The molecule has 0 aliphatic heterocycles. The third-order valence-electron chi connectivity index (χ3n) is 6.19. The largest absolute Gasteiger partial charge is 0.494 e. The number of para-hydroxylation sites is 3. The summed E-state index contributed by atoms with van der Waals surface area (Å²) in [6.45, 7) is 1.99. The van der Waals surface area contributed by atoms with Crippen LogP contribution in [0.4, 0.5) is 5.69 Å². The summed E-state index contributed by atoms with van der Waals surface area (Å²) in [5.41, 5.74) is 1.65. The molecule has 0 spiro atoms. The molecule has 0 bridgehead atoms. The molecule has 1 amide bonds. The summed E-state index contributed by atoms with van der Waals surface area (Å²) in [7, 11) is -4.41. The smallest absolute Gasteiger partial charge is 0.344 e. The van der Waals surface area contributed by atoms with Crippen molar-refractivity contribution in [2.24, 2.45) is 0 Å². The second-order valence-electron chi connectivity index (χ2n) is 9.34. The fourth-order valence-corrected chi connectivity index (χ4v) is 5.19. The summed E-state index contributed by atoms with van der Waals surface area (Å²) in [6, 6.07) is 28.8. The molecule has 0 saturated carbocycles. The zero-order valence-corrected chi connectivity index (χ0v) is 24.5. The van der Waals surface area contributed by atoms with Crippen LogP contribution in [0.2, 0.25) is 0 Å². The zero-order valence-electron chi connectivity index (χ0n) is 23.7. The fraction of sp³-hybridized carbons (Fsp3) is 0.212. The Labute approximate surface area is 251 Å². The number of benzene rings is 4. The number of anilines is 1. The Balaban J connectivity index is 1.35. The van der Waals surface area contributed by atoms with E-state index in [-0.39, 0.29) is 28.7 Å².